The molecule has 4 aromatic rings. The lowest BCUT2D eigenvalue weighted by Crippen LogP contribution is -2.05. The Balaban J connectivity index is 1.79. The van der Waals surface area contributed by atoms with Crippen molar-refractivity contribution < 1.29 is 9.02 Å². The number of aromatic nitrogens is 4. The van der Waals surface area contributed by atoms with E-state index < -0.39 is 5.82 Å². The summed E-state index contributed by atoms with van der Waals surface area (Å²) in [4.78, 5) is 8.75. The van der Waals surface area contributed by atoms with Crippen molar-refractivity contribution in [2.45, 2.75) is 13.8 Å². The fraction of sp³-hybridized carbons (Fsp3) is 0.111. The zero-order valence-electron chi connectivity index (χ0n) is 14.1. The van der Waals surface area contributed by atoms with Crippen LogP contribution in [0.3, 0.4) is 0 Å². The Bertz CT molecular complexity index is 1090. The molecule has 2 aromatic carbocycles. The molecule has 0 aliphatic heterocycles. The molecule has 0 atom stereocenters. The molecule has 0 saturated carbocycles. The van der Waals surface area contributed by atoms with Gasteiger partial charge in [0.05, 0.1) is 5.69 Å². The summed E-state index contributed by atoms with van der Waals surface area (Å²) < 4.78 is 18.7. The average Bonchev–Trinajstić information content (AvgIpc) is 3.07. The lowest BCUT2D eigenvalue weighted by atomic mass is 10.1. The Labute approximate surface area is 148 Å². The molecule has 0 radical (unpaired) electrons. The average molecular weight is 350 g/mol. The van der Waals surface area contributed by atoms with Gasteiger partial charge in [-0.1, -0.05) is 24.3 Å². The summed E-state index contributed by atoms with van der Waals surface area (Å²) in [6.07, 6.45) is 0. The van der Waals surface area contributed by atoms with Crippen molar-refractivity contribution in [3.8, 4) is 0 Å². The zero-order chi connectivity index (χ0) is 18.1. The number of rotatable bonds is 4. The van der Waals surface area contributed by atoms with Crippen LogP contribution in [-0.2, 0) is 0 Å². The first-order valence-electron chi connectivity index (χ1n) is 7.96. The molecule has 0 bridgehead atoms. The molecule has 7 nitrogen and oxygen atoms in total. The zero-order valence-corrected chi connectivity index (χ0v) is 14.1. The predicted molar refractivity (Wildman–Crippen MR) is 96.3 cm³/mol. The summed E-state index contributed by atoms with van der Waals surface area (Å²) in [5, 5.41) is 13.6. The molecule has 26 heavy (non-hydrogen) atoms. The molecule has 0 spiro atoms. The molecule has 0 fully saturated rings. The smallest absolute Gasteiger partial charge is 0.245 e. The first-order valence-corrected chi connectivity index (χ1v) is 7.96. The highest BCUT2D eigenvalue weighted by molar-refractivity contribution is 5.79. The van der Waals surface area contributed by atoms with Gasteiger partial charge >= 0.3 is 0 Å². The van der Waals surface area contributed by atoms with Crippen LogP contribution in [0.2, 0.25) is 0 Å². The number of benzene rings is 2. The monoisotopic (exact) mass is 350 g/mol. The predicted octanol–water partition coefficient (Wildman–Crippen LogP) is 4.26. The normalized spacial score (nSPS) is 10.9. The van der Waals surface area contributed by atoms with E-state index in [9.17, 15) is 4.39 Å². The first-order chi connectivity index (χ1) is 12.6. The van der Waals surface area contributed by atoms with Crippen molar-refractivity contribution in [3.63, 3.8) is 0 Å². The molecule has 4 rings (SSSR count). The fourth-order valence-electron chi connectivity index (χ4n) is 2.50. The van der Waals surface area contributed by atoms with E-state index in [2.05, 4.69) is 35.5 Å². The molecule has 0 amide bonds. The SMILES string of the molecule is Cc1ccc(C)c(Nc2nc3nonc3nc2Nc2ccccc2F)c1. The van der Waals surface area contributed by atoms with Crippen molar-refractivity contribution in [2.24, 2.45) is 0 Å². The number of anilines is 4. The Morgan fingerprint density at radius 3 is 2.19 bits per heavy atom. The van der Waals surface area contributed by atoms with Gasteiger partial charge in [-0.15, -0.1) is 0 Å². The Morgan fingerprint density at radius 1 is 0.846 bits per heavy atom. The number of nitrogens with zero attached hydrogens (tertiary/aromatic N) is 4. The summed E-state index contributed by atoms with van der Waals surface area (Å²) in [6, 6.07) is 12.3. The third kappa shape index (κ3) is 3.04. The van der Waals surface area contributed by atoms with Gasteiger partial charge in [0.1, 0.15) is 5.82 Å². The van der Waals surface area contributed by atoms with Gasteiger partial charge < -0.3 is 10.6 Å². The van der Waals surface area contributed by atoms with Crippen molar-refractivity contribution in [1.29, 1.82) is 0 Å². The van der Waals surface area contributed by atoms with E-state index in [4.69, 9.17) is 0 Å². The molecule has 0 aliphatic rings. The highest BCUT2D eigenvalue weighted by Crippen LogP contribution is 2.29. The Hall–Kier alpha value is -3.55. The third-order valence-corrected chi connectivity index (χ3v) is 3.89. The summed E-state index contributed by atoms with van der Waals surface area (Å²) >= 11 is 0. The topological polar surface area (TPSA) is 88.8 Å². The molecule has 0 aliphatic carbocycles. The van der Waals surface area contributed by atoms with E-state index in [-0.39, 0.29) is 17.0 Å². The molecule has 8 heteroatoms. The van der Waals surface area contributed by atoms with Gasteiger partial charge in [-0.3, -0.25) is 0 Å². The van der Waals surface area contributed by atoms with Crippen LogP contribution in [0, 0.1) is 19.7 Å². The van der Waals surface area contributed by atoms with E-state index in [0.717, 1.165) is 16.8 Å². The number of para-hydroxylation sites is 1. The lowest BCUT2D eigenvalue weighted by molar-refractivity contribution is 0.314. The highest BCUT2D eigenvalue weighted by atomic mass is 19.1. The number of hydrogen-bond donors (Lipinski definition) is 2. The van der Waals surface area contributed by atoms with Gasteiger partial charge in [0.15, 0.2) is 11.6 Å². The van der Waals surface area contributed by atoms with Gasteiger partial charge in [-0.05, 0) is 53.5 Å². The molecule has 0 saturated heterocycles. The quantitative estimate of drug-likeness (QED) is 0.568. The van der Waals surface area contributed by atoms with E-state index >= 15 is 0 Å². The van der Waals surface area contributed by atoms with Crippen LogP contribution in [-0.4, -0.2) is 20.3 Å². The van der Waals surface area contributed by atoms with E-state index in [1.54, 1.807) is 18.2 Å². The maximum Gasteiger partial charge on any atom is 0.245 e. The second-order valence-electron chi connectivity index (χ2n) is 5.88. The number of hydrogen-bond acceptors (Lipinski definition) is 7. The fourth-order valence-corrected chi connectivity index (χ4v) is 2.50. The van der Waals surface area contributed by atoms with E-state index in [1.165, 1.54) is 6.07 Å². The lowest BCUT2D eigenvalue weighted by Gasteiger charge is -2.14. The summed E-state index contributed by atoms with van der Waals surface area (Å²) in [5.74, 6) is 0.315. The van der Waals surface area contributed by atoms with Crippen molar-refractivity contribution in [3.05, 3.63) is 59.4 Å². The maximum atomic E-state index is 14.0. The van der Waals surface area contributed by atoms with Gasteiger partial charge in [0, 0.05) is 5.69 Å². The van der Waals surface area contributed by atoms with Gasteiger partial charge in [-0.2, -0.15) is 0 Å². The van der Waals surface area contributed by atoms with Crippen LogP contribution >= 0.6 is 0 Å². The van der Waals surface area contributed by atoms with Gasteiger partial charge in [0.25, 0.3) is 0 Å². The molecule has 0 unspecified atom stereocenters. The third-order valence-electron chi connectivity index (χ3n) is 3.89. The Morgan fingerprint density at radius 2 is 1.50 bits per heavy atom. The standard InChI is InChI=1S/C18H15FN6O/c1-10-7-8-11(2)14(9-10)21-16-15(20-13-6-4-3-5-12(13)19)22-17-18(23-16)25-26-24-17/h3-9H,1-2H3,(H,20,22,24)(H,21,23,25). The van der Waals surface area contributed by atoms with Gasteiger partial charge in [-0.25, -0.2) is 19.0 Å². The summed E-state index contributed by atoms with van der Waals surface area (Å²) in [6.45, 7) is 3.98. The second kappa shape index (κ2) is 6.40. The molecular formula is C18H15FN6O. The summed E-state index contributed by atoms with van der Waals surface area (Å²) in [5.41, 5.74) is 3.77. The van der Waals surface area contributed by atoms with Crippen LogP contribution in [0.4, 0.5) is 27.4 Å². The van der Waals surface area contributed by atoms with Crippen molar-refractivity contribution in [2.75, 3.05) is 10.6 Å². The largest absolute Gasteiger partial charge is 0.337 e. The van der Waals surface area contributed by atoms with Crippen molar-refractivity contribution >= 4 is 34.3 Å². The van der Waals surface area contributed by atoms with Crippen LogP contribution in [0.25, 0.3) is 11.3 Å². The van der Waals surface area contributed by atoms with E-state index in [0.29, 0.717) is 11.6 Å². The van der Waals surface area contributed by atoms with Crippen LogP contribution in [0.1, 0.15) is 11.1 Å². The minimum absolute atomic E-state index is 0.232. The summed E-state index contributed by atoms with van der Waals surface area (Å²) in [7, 11) is 0. The molecule has 2 N–H and O–H groups in total. The highest BCUT2D eigenvalue weighted by Gasteiger charge is 2.15. The van der Waals surface area contributed by atoms with Crippen LogP contribution in [0.5, 0.6) is 0 Å². The molecule has 2 heterocycles. The van der Waals surface area contributed by atoms with Crippen LogP contribution < -0.4 is 10.6 Å². The van der Waals surface area contributed by atoms with Crippen molar-refractivity contribution in [1.82, 2.24) is 20.3 Å². The Kier molecular flexibility index (Phi) is 3.92. The minimum atomic E-state index is -0.398. The first kappa shape index (κ1) is 15.9. The van der Waals surface area contributed by atoms with Gasteiger partial charge in [0.2, 0.25) is 11.3 Å². The number of aryl methyl sites for hydroxylation is 2. The number of halogens is 1. The van der Waals surface area contributed by atoms with Crippen LogP contribution in [0.15, 0.2) is 47.1 Å². The molecular weight excluding hydrogens is 335 g/mol. The number of nitrogens with one attached hydrogen (secondary N) is 2. The molecule has 2 aromatic heterocycles. The minimum Gasteiger partial charge on any atom is -0.337 e. The number of fused-ring (bicyclic) bond motifs is 1. The second-order valence-corrected chi connectivity index (χ2v) is 5.88. The maximum absolute atomic E-state index is 14.0. The molecule has 130 valence electrons. The van der Waals surface area contributed by atoms with E-state index in [1.807, 2.05) is 32.0 Å².